The number of hydrogen-bond acceptors (Lipinski definition) is 5. The average Bonchev–Trinajstić information content (AvgIpc) is 2.49. The molecular formula is C14H11BrN4O3S. The van der Waals surface area contributed by atoms with E-state index in [2.05, 4.69) is 31.5 Å². The second kappa shape index (κ2) is 7.25. The Bertz CT molecular complexity index is 780. The second-order valence-electron chi connectivity index (χ2n) is 4.53. The van der Waals surface area contributed by atoms with E-state index in [9.17, 15) is 14.9 Å². The van der Waals surface area contributed by atoms with Gasteiger partial charge in [0.15, 0.2) is 5.11 Å². The molecule has 0 aliphatic carbocycles. The van der Waals surface area contributed by atoms with Crippen LogP contribution in [-0.4, -0.2) is 20.9 Å². The Morgan fingerprint density at radius 1 is 1.35 bits per heavy atom. The minimum atomic E-state index is -0.539. The Hall–Kier alpha value is -2.39. The molecule has 0 aliphatic heterocycles. The van der Waals surface area contributed by atoms with Gasteiger partial charge in [-0.2, -0.15) is 0 Å². The molecule has 1 heterocycles. The maximum atomic E-state index is 12.1. The lowest BCUT2D eigenvalue weighted by molar-refractivity contribution is -0.385. The SMILES string of the molecule is Cc1ccc(C(=O)NC(=S)Nc2ccc(Br)cn2)cc1[N+](=O)[O-]. The number of pyridine rings is 1. The maximum absolute atomic E-state index is 12.1. The normalized spacial score (nSPS) is 10.0. The fourth-order valence-corrected chi connectivity index (χ4v) is 2.15. The van der Waals surface area contributed by atoms with Crippen molar-refractivity contribution in [2.75, 3.05) is 5.32 Å². The van der Waals surface area contributed by atoms with Crippen LogP contribution < -0.4 is 10.6 Å². The molecule has 0 spiro atoms. The summed E-state index contributed by atoms with van der Waals surface area (Å²) in [6.07, 6.45) is 1.58. The summed E-state index contributed by atoms with van der Waals surface area (Å²) in [7, 11) is 0. The smallest absolute Gasteiger partial charge is 0.273 e. The predicted molar refractivity (Wildman–Crippen MR) is 93.5 cm³/mol. The van der Waals surface area contributed by atoms with Crippen molar-refractivity contribution in [1.29, 1.82) is 0 Å². The topological polar surface area (TPSA) is 97.2 Å². The van der Waals surface area contributed by atoms with Gasteiger partial charge in [-0.1, -0.05) is 6.07 Å². The zero-order valence-corrected chi connectivity index (χ0v) is 14.3. The van der Waals surface area contributed by atoms with Crippen LogP contribution in [0.4, 0.5) is 11.5 Å². The van der Waals surface area contributed by atoms with Gasteiger partial charge in [0.2, 0.25) is 0 Å². The summed E-state index contributed by atoms with van der Waals surface area (Å²) < 4.78 is 0.810. The Morgan fingerprint density at radius 3 is 2.70 bits per heavy atom. The lowest BCUT2D eigenvalue weighted by atomic mass is 10.1. The van der Waals surface area contributed by atoms with Gasteiger partial charge in [0, 0.05) is 27.9 Å². The number of halogens is 1. The number of nitrogens with one attached hydrogen (secondary N) is 2. The first-order valence-electron chi connectivity index (χ1n) is 6.36. The summed E-state index contributed by atoms with van der Waals surface area (Å²) in [5.74, 6) is -0.0731. The number of rotatable bonds is 3. The van der Waals surface area contributed by atoms with Gasteiger partial charge in [-0.15, -0.1) is 0 Å². The van der Waals surface area contributed by atoms with Crippen molar-refractivity contribution in [3.8, 4) is 0 Å². The van der Waals surface area contributed by atoms with E-state index >= 15 is 0 Å². The van der Waals surface area contributed by atoms with Crippen LogP contribution in [0.3, 0.4) is 0 Å². The third-order valence-electron chi connectivity index (χ3n) is 2.86. The van der Waals surface area contributed by atoms with Crippen molar-refractivity contribution in [2.45, 2.75) is 6.92 Å². The van der Waals surface area contributed by atoms with E-state index in [1.54, 1.807) is 25.3 Å². The molecule has 0 radical (unpaired) electrons. The molecule has 23 heavy (non-hydrogen) atoms. The van der Waals surface area contributed by atoms with Crippen LogP contribution in [0.2, 0.25) is 0 Å². The Balaban J connectivity index is 2.06. The van der Waals surface area contributed by atoms with Crippen molar-refractivity contribution in [3.05, 3.63) is 62.2 Å². The third kappa shape index (κ3) is 4.54. The molecule has 2 aromatic rings. The van der Waals surface area contributed by atoms with Crippen LogP contribution in [0, 0.1) is 17.0 Å². The van der Waals surface area contributed by atoms with Crippen LogP contribution in [-0.2, 0) is 0 Å². The van der Waals surface area contributed by atoms with Gasteiger partial charge >= 0.3 is 0 Å². The number of aryl methyl sites for hydroxylation is 1. The van der Waals surface area contributed by atoms with Gasteiger partial charge in [-0.05, 0) is 53.3 Å². The molecule has 0 saturated heterocycles. The molecule has 2 rings (SSSR count). The predicted octanol–water partition coefficient (Wildman–Crippen LogP) is 3.19. The minimum Gasteiger partial charge on any atom is -0.317 e. The van der Waals surface area contributed by atoms with E-state index < -0.39 is 10.8 Å². The summed E-state index contributed by atoms with van der Waals surface area (Å²) in [5, 5.41) is 16.2. The molecule has 0 saturated carbocycles. The summed E-state index contributed by atoms with van der Waals surface area (Å²) in [6, 6.07) is 7.67. The van der Waals surface area contributed by atoms with Crippen LogP contribution in [0.1, 0.15) is 15.9 Å². The second-order valence-corrected chi connectivity index (χ2v) is 5.85. The first kappa shape index (κ1) is 17.0. The lowest BCUT2D eigenvalue weighted by Gasteiger charge is -2.09. The van der Waals surface area contributed by atoms with E-state index in [0.717, 1.165) is 4.47 Å². The Morgan fingerprint density at radius 2 is 2.09 bits per heavy atom. The molecule has 0 aliphatic rings. The average molecular weight is 395 g/mol. The molecule has 0 bridgehead atoms. The molecule has 7 nitrogen and oxygen atoms in total. The first-order chi connectivity index (χ1) is 10.9. The molecule has 0 unspecified atom stereocenters. The number of nitro groups is 1. The molecule has 1 aromatic heterocycles. The first-order valence-corrected chi connectivity index (χ1v) is 7.56. The van der Waals surface area contributed by atoms with Crippen molar-refractivity contribution in [3.63, 3.8) is 0 Å². The van der Waals surface area contributed by atoms with Gasteiger partial charge in [0.1, 0.15) is 5.82 Å². The highest BCUT2D eigenvalue weighted by molar-refractivity contribution is 9.10. The van der Waals surface area contributed by atoms with Crippen LogP contribution >= 0.6 is 28.1 Å². The van der Waals surface area contributed by atoms with Crippen molar-refractivity contribution >= 4 is 50.7 Å². The van der Waals surface area contributed by atoms with Crippen molar-refractivity contribution < 1.29 is 9.72 Å². The number of anilines is 1. The zero-order valence-electron chi connectivity index (χ0n) is 11.9. The van der Waals surface area contributed by atoms with E-state index in [0.29, 0.717) is 11.4 Å². The highest BCUT2D eigenvalue weighted by Gasteiger charge is 2.15. The number of aromatic nitrogens is 1. The molecular weight excluding hydrogens is 384 g/mol. The highest BCUT2D eigenvalue weighted by Crippen LogP contribution is 2.19. The largest absolute Gasteiger partial charge is 0.317 e. The summed E-state index contributed by atoms with van der Waals surface area (Å²) in [4.78, 5) is 26.5. The van der Waals surface area contributed by atoms with E-state index in [1.807, 2.05) is 0 Å². The van der Waals surface area contributed by atoms with Crippen LogP contribution in [0.15, 0.2) is 41.0 Å². The van der Waals surface area contributed by atoms with Crippen LogP contribution in [0.5, 0.6) is 0 Å². The minimum absolute atomic E-state index is 0.0491. The summed E-state index contributed by atoms with van der Waals surface area (Å²) in [6.45, 7) is 1.60. The highest BCUT2D eigenvalue weighted by atomic mass is 79.9. The fourth-order valence-electron chi connectivity index (χ4n) is 1.72. The summed E-state index contributed by atoms with van der Waals surface area (Å²) in [5.41, 5.74) is 0.507. The molecule has 2 N–H and O–H groups in total. The summed E-state index contributed by atoms with van der Waals surface area (Å²) >= 11 is 8.29. The Kier molecular flexibility index (Phi) is 5.35. The molecule has 1 amide bonds. The van der Waals surface area contributed by atoms with E-state index in [1.165, 1.54) is 18.2 Å². The molecule has 0 fully saturated rings. The number of nitrogens with zero attached hydrogens (tertiary/aromatic N) is 2. The van der Waals surface area contributed by atoms with E-state index in [-0.39, 0.29) is 16.4 Å². The third-order valence-corrected chi connectivity index (χ3v) is 3.54. The van der Waals surface area contributed by atoms with Gasteiger partial charge < -0.3 is 5.32 Å². The number of benzene rings is 1. The number of thiocarbonyl (C=S) groups is 1. The number of amides is 1. The number of hydrogen-bond donors (Lipinski definition) is 2. The fraction of sp³-hybridized carbons (Fsp3) is 0.0714. The zero-order chi connectivity index (χ0) is 17.0. The van der Waals surface area contributed by atoms with Crippen LogP contribution in [0.25, 0.3) is 0 Å². The van der Waals surface area contributed by atoms with Gasteiger partial charge in [-0.3, -0.25) is 20.2 Å². The van der Waals surface area contributed by atoms with Gasteiger partial charge in [0.05, 0.1) is 4.92 Å². The standard InChI is InChI=1S/C14H11BrN4O3S/c1-8-2-3-9(6-11(8)19(21)22)13(20)18-14(23)17-12-5-4-10(15)7-16-12/h2-7H,1H3,(H2,16,17,18,20,23). The number of carbonyl (C=O) groups excluding carboxylic acids is 1. The van der Waals surface area contributed by atoms with Crippen molar-refractivity contribution in [1.82, 2.24) is 10.3 Å². The molecule has 0 atom stereocenters. The molecule has 118 valence electrons. The van der Waals surface area contributed by atoms with Gasteiger partial charge in [-0.25, -0.2) is 4.98 Å². The quantitative estimate of drug-likeness (QED) is 0.471. The van der Waals surface area contributed by atoms with E-state index in [4.69, 9.17) is 12.2 Å². The molecule has 1 aromatic carbocycles. The monoisotopic (exact) mass is 394 g/mol. The van der Waals surface area contributed by atoms with Crippen molar-refractivity contribution in [2.24, 2.45) is 0 Å². The van der Waals surface area contributed by atoms with Gasteiger partial charge in [0.25, 0.3) is 11.6 Å². The Labute approximate surface area is 145 Å². The lowest BCUT2D eigenvalue weighted by Crippen LogP contribution is -2.34. The number of carbonyl (C=O) groups is 1. The maximum Gasteiger partial charge on any atom is 0.273 e. The molecule has 9 heteroatoms. The number of nitro benzene ring substituents is 1.